The van der Waals surface area contributed by atoms with Crippen molar-refractivity contribution in [3.63, 3.8) is 0 Å². The number of alkyl halides is 1. The lowest BCUT2D eigenvalue weighted by molar-refractivity contribution is 0.463. The van der Waals surface area contributed by atoms with Gasteiger partial charge in [0, 0.05) is 30.3 Å². The Labute approximate surface area is 99.0 Å². The Bertz CT molecular complexity index is 342. The van der Waals surface area contributed by atoms with E-state index in [1.807, 2.05) is 6.92 Å². The maximum Gasteiger partial charge on any atom is 0.150 e. The van der Waals surface area contributed by atoms with E-state index in [1.165, 1.54) is 6.42 Å². The molecule has 82 valence electrons. The van der Waals surface area contributed by atoms with Gasteiger partial charge in [0.1, 0.15) is 5.82 Å². The monoisotopic (exact) mass is 269 g/mol. The van der Waals surface area contributed by atoms with Gasteiger partial charge in [0.2, 0.25) is 0 Å². The number of hydrogen-bond acceptors (Lipinski definition) is 3. The molecular formula is C11H16BrN3. The first-order valence-electron chi connectivity index (χ1n) is 5.35. The van der Waals surface area contributed by atoms with E-state index < -0.39 is 0 Å². The van der Waals surface area contributed by atoms with Crippen LogP contribution in [0.2, 0.25) is 0 Å². The molecule has 0 aromatic carbocycles. The van der Waals surface area contributed by atoms with Crippen LogP contribution >= 0.6 is 15.9 Å². The predicted octanol–water partition coefficient (Wildman–Crippen LogP) is 2.39. The molecule has 0 amide bonds. The Hall–Kier alpha value is -0.640. The zero-order chi connectivity index (χ0) is 10.8. The lowest BCUT2D eigenvalue weighted by atomic mass is 10.00. The van der Waals surface area contributed by atoms with Crippen LogP contribution in [-0.2, 0) is 0 Å². The Morgan fingerprint density at radius 1 is 1.40 bits per heavy atom. The zero-order valence-electron chi connectivity index (χ0n) is 9.15. The average Bonchev–Trinajstić information content (AvgIpc) is 2.23. The molecule has 0 spiro atoms. The minimum absolute atomic E-state index is 0.644. The molecule has 2 rings (SSSR count). The summed E-state index contributed by atoms with van der Waals surface area (Å²) in [7, 11) is 0. The number of piperidine rings is 1. The van der Waals surface area contributed by atoms with Crippen molar-refractivity contribution in [1.29, 1.82) is 0 Å². The van der Waals surface area contributed by atoms with Crippen molar-refractivity contribution < 1.29 is 0 Å². The Kier molecular flexibility index (Phi) is 3.24. The van der Waals surface area contributed by atoms with Gasteiger partial charge in [-0.3, -0.25) is 4.98 Å². The topological polar surface area (TPSA) is 29.0 Å². The molecule has 0 radical (unpaired) electrons. The number of aryl methyl sites for hydroxylation is 1. The first-order valence-corrected chi connectivity index (χ1v) is 6.26. The summed E-state index contributed by atoms with van der Waals surface area (Å²) in [5.74, 6) is 1.71. The van der Waals surface area contributed by atoms with Crippen LogP contribution in [0, 0.1) is 12.8 Å². The number of rotatable bonds is 1. The predicted molar refractivity (Wildman–Crippen MR) is 65.5 cm³/mol. The van der Waals surface area contributed by atoms with E-state index in [9.17, 15) is 0 Å². The minimum Gasteiger partial charge on any atom is -0.355 e. The van der Waals surface area contributed by atoms with Gasteiger partial charge in [0.15, 0.2) is 0 Å². The summed E-state index contributed by atoms with van der Waals surface area (Å²) in [6.07, 6.45) is 4.70. The van der Waals surface area contributed by atoms with Crippen molar-refractivity contribution >= 4 is 21.7 Å². The van der Waals surface area contributed by atoms with Crippen LogP contribution in [0.5, 0.6) is 0 Å². The summed E-state index contributed by atoms with van der Waals surface area (Å²) in [5, 5.41) is 0. The van der Waals surface area contributed by atoms with E-state index in [0.717, 1.165) is 24.6 Å². The van der Waals surface area contributed by atoms with E-state index >= 15 is 0 Å². The maximum atomic E-state index is 4.41. The summed E-state index contributed by atoms with van der Waals surface area (Å²) in [5.41, 5.74) is 1.03. The van der Waals surface area contributed by atoms with Crippen LogP contribution < -0.4 is 4.90 Å². The standard InChI is InChI=1S/C11H16BrN3/c1-8-7-15(6-3-10(8)12)11-9(2)13-4-5-14-11/h4-5,8,10H,3,6-7H2,1-2H3. The van der Waals surface area contributed by atoms with Gasteiger partial charge in [-0.1, -0.05) is 22.9 Å². The van der Waals surface area contributed by atoms with Crippen molar-refractivity contribution in [1.82, 2.24) is 9.97 Å². The number of halogens is 1. The molecule has 1 fully saturated rings. The molecule has 2 heterocycles. The van der Waals surface area contributed by atoms with E-state index in [4.69, 9.17) is 0 Å². The fraction of sp³-hybridized carbons (Fsp3) is 0.636. The molecular weight excluding hydrogens is 254 g/mol. The quantitative estimate of drug-likeness (QED) is 0.734. The molecule has 15 heavy (non-hydrogen) atoms. The normalized spacial score (nSPS) is 26.7. The summed E-state index contributed by atoms with van der Waals surface area (Å²) < 4.78 is 0. The molecule has 3 nitrogen and oxygen atoms in total. The van der Waals surface area contributed by atoms with Crippen molar-refractivity contribution in [2.24, 2.45) is 5.92 Å². The molecule has 1 saturated heterocycles. The second-order valence-electron chi connectivity index (χ2n) is 4.19. The highest BCUT2D eigenvalue weighted by Gasteiger charge is 2.25. The molecule has 2 atom stereocenters. The van der Waals surface area contributed by atoms with Gasteiger partial charge < -0.3 is 4.90 Å². The van der Waals surface area contributed by atoms with Gasteiger partial charge in [-0.05, 0) is 19.3 Å². The molecule has 0 saturated carbocycles. The fourth-order valence-corrected chi connectivity index (χ4v) is 2.39. The second-order valence-corrected chi connectivity index (χ2v) is 5.37. The Balaban J connectivity index is 2.15. The second kappa shape index (κ2) is 4.47. The van der Waals surface area contributed by atoms with E-state index in [-0.39, 0.29) is 0 Å². The molecule has 1 aromatic heterocycles. The first-order chi connectivity index (χ1) is 7.18. The Morgan fingerprint density at radius 3 is 2.80 bits per heavy atom. The third-order valence-corrected chi connectivity index (χ3v) is 4.32. The van der Waals surface area contributed by atoms with Gasteiger partial charge in [0.25, 0.3) is 0 Å². The summed E-state index contributed by atoms with van der Waals surface area (Å²) >= 11 is 3.71. The first kappa shape index (κ1) is 10.9. The molecule has 1 aliphatic rings. The van der Waals surface area contributed by atoms with Gasteiger partial charge >= 0.3 is 0 Å². The number of anilines is 1. The summed E-state index contributed by atoms with van der Waals surface area (Å²) in [4.78, 5) is 11.7. The molecule has 0 N–H and O–H groups in total. The highest BCUT2D eigenvalue weighted by atomic mass is 79.9. The van der Waals surface area contributed by atoms with E-state index in [2.05, 4.69) is 37.7 Å². The van der Waals surface area contributed by atoms with Crippen LogP contribution in [-0.4, -0.2) is 27.9 Å². The van der Waals surface area contributed by atoms with Crippen molar-refractivity contribution in [3.8, 4) is 0 Å². The van der Waals surface area contributed by atoms with Crippen molar-refractivity contribution in [2.45, 2.75) is 25.1 Å². The number of hydrogen-bond donors (Lipinski definition) is 0. The lowest BCUT2D eigenvalue weighted by Gasteiger charge is -2.35. The molecule has 0 aliphatic carbocycles. The van der Waals surface area contributed by atoms with Crippen molar-refractivity contribution in [3.05, 3.63) is 18.1 Å². The van der Waals surface area contributed by atoms with E-state index in [0.29, 0.717) is 10.7 Å². The van der Waals surface area contributed by atoms with Crippen molar-refractivity contribution in [2.75, 3.05) is 18.0 Å². The number of aromatic nitrogens is 2. The third kappa shape index (κ3) is 2.30. The summed E-state index contributed by atoms with van der Waals surface area (Å²) in [6, 6.07) is 0. The smallest absolute Gasteiger partial charge is 0.150 e. The van der Waals surface area contributed by atoms with Crippen LogP contribution in [0.3, 0.4) is 0 Å². The molecule has 1 aliphatic heterocycles. The third-order valence-electron chi connectivity index (χ3n) is 2.96. The molecule has 1 aromatic rings. The van der Waals surface area contributed by atoms with Gasteiger partial charge in [-0.25, -0.2) is 4.98 Å². The highest BCUT2D eigenvalue weighted by molar-refractivity contribution is 9.09. The van der Waals surface area contributed by atoms with Crippen LogP contribution in [0.15, 0.2) is 12.4 Å². The number of nitrogens with zero attached hydrogens (tertiary/aromatic N) is 3. The summed E-state index contributed by atoms with van der Waals surface area (Å²) in [6.45, 7) is 6.43. The molecule has 0 bridgehead atoms. The maximum absolute atomic E-state index is 4.41. The van der Waals surface area contributed by atoms with Crippen LogP contribution in [0.1, 0.15) is 19.0 Å². The minimum atomic E-state index is 0.644. The Morgan fingerprint density at radius 2 is 2.13 bits per heavy atom. The molecule has 2 unspecified atom stereocenters. The lowest BCUT2D eigenvalue weighted by Crippen LogP contribution is -2.40. The SMILES string of the molecule is Cc1nccnc1N1CCC(Br)C(C)C1. The van der Waals surface area contributed by atoms with Crippen LogP contribution in [0.4, 0.5) is 5.82 Å². The van der Waals surface area contributed by atoms with Gasteiger partial charge in [-0.15, -0.1) is 0 Å². The van der Waals surface area contributed by atoms with Gasteiger partial charge in [0.05, 0.1) is 5.69 Å². The van der Waals surface area contributed by atoms with Crippen LogP contribution in [0.25, 0.3) is 0 Å². The zero-order valence-corrected chi connectivity index (χ0v) is 10.7. The molecule has 4 heteroatoms. The van der Waals surface area contributed by atoms with Gasteiger partial charge in [-0.2, -0.15) is 0 Å². The largest absolute Gasteiger partial charge is 0.355 e. The average molecular weight is 270 g/mol. The highest BCUT2D eigenvalue weighted by Crippen LogP contribution is 2.27. The fourth-order valence-electron chi connectivity index (χ4n) is 2.02. The van der Waals surface area contributed by atoms with E-state index in [1.54, 1.807) is 12.4 Å².